The van der Waals surface area contributed by atoms with Gasteiger partial charge in [-0.1, -0.05) is 79.3 Å². The van der Waals surface area contributed by atoms with Crippen molar-refractivity contribution in [2.24, 2.45) is 0 Å². The summed E-state index contributed by atoms with van der Waals surface area (Å²) < 4.78 is 2.07. The van der Waals surface area contributed by atoms with Crippen molar-refractivity contribution in [2.45, 2.75) is 12.1 Å². The third-order valence-corrected chi connectivity index (χ3v) is 6.69. The molecule has 0 aliphatic rings. The molecule has 0 saturated heterocycles. The molecule has 0 spiro atoms. The Morgan fingerprint density at radius 3 is 1.09 bits per heavy atom. The molecule has 0 aromatic heterocycles. The lowest BCUT2D eigenvalue weighted by atomic mass is 9.92. The largest absolute Gasteiger partial charge is 0.376 e. The molecular weight excluding hydrogens is 571 g/mol. The van der Waals surface area contributed by atoms with Crippen molar-refractivity contribution in [3.8, 4) is 0 Å². The average Bonchev–Trinajstić information content (AvgIpc) is 2.80. The maximum atomic E-state index is 6.19. The van der Waals surface area contributed by atoms with Gasteiger partial charge >= 0.3 is 0 Å². The van der Waals surface area contributed by atoms with Crippen LogP contribution in [0.4, 0.5) is 11.4 Å². The molecule has 0 amide bonds. The first-order chi connectivity index (χ1) is 15.5. The number of anilines is 2. The van der Waals surface area contributed by atoms with E-state index in [1.54, 1.807) is 0 Å². The molecule has 0 heterocycles. The van der Waals surface area contributed by atoms with Crippen molar-refractivity contribution >= 4 is 66.4 Å². The summed E-state index contributed by atoms with van der Waals surface area (Å²) in [4.78, 5) is 0. The van der Waals surface area contributed by atoms with Crippen LogP contribution in [0.2, 0.25) is 10.0 Å². The van der Waals surface area contributed by atoms with Crippen LogP contribution in [-0.4, -0.2) is 0 Å². The first-order valence-corrected chi connectivity index (χ1v) is 12.4. The van der Waals surface area contributed by atoms with Crippen LogP contribution in [0.1, 0.15) is 23.2 Å². The van der Waals surface area contributed by atoms with Crippen molar-refractivity contribution in [3.63, 3.8) is 0 Å². The molecule has 2 nitrogen and oxygen atoms in total. The maximum absolute atomic E-state index is 6.19. The van der Waals surface area contributed by atoms with Gasteiger partial charge in [-0.3, -0.25) is 0 Å². The minimum absolute atomic E-state index is 0.0849. The van der Waals surface area contributed by atoms with Crippen LogP contribution in [0, 0.1) is 0 Å². The zero-order chi connectivity index (χ0) is 22.5. The van der Waals surface area contributed by atoms with E-state index in [1.807, 2.05) is 48.5 Å². The van der Waals surface area contributed by atoms with Crippen molar-refractivity contribution < 1.29 is 0 Å². The Labute approximate surface area is 215 Å². The Hall–Kier alpha value is -1.98. The van der Waals surface area contributed by atoms with Crippen LogP contribution >= 0.6 is 55.1 Å². The minimum atomic E-state index is -0.0849. The van der Waals surface area contributed by atoms with Crippen LogP contribution in [0.15, 0.2) is 106 Å². The Morgan fingerprint density at radius 1 is 0.469 bits per heavy atom. The summed E-state index contributed by atoms with van der Waals surface area (Å²) in [7, 11) is 0. The molecule has 162 valence electrons. The van der Waals surface area contributed by atoms with Gasteiger partial charge in [0.2, 0.25) is 0 Å². The summed E-state index contributed by atoms with van der Waals surface area (Å²) in [6.07, 6.45) is 0. The zero-order valence-electron chi connectivity index (χ0n) is 16.9. The van der Waals surface area contributed by atoms with Crippen LogP contribution in [0.3, 0.4) is 0 Å². The smallest absolute Gasteiger partial charge is 0.0757 e. The molecule has 6 heteroatoms. The summed E-state index contributed by atoms with van der Waals surface area (Å²) in [6, 6.07) is 32.1. The van der Waals surface area contributed by atoms with Crippen molar-refractivity contribution in [1.82, 2.24) is 0 Å². The van der Waals surface area contributed by atoms with E-state index in [1.165, 1.54) is 0 Å². The van der Waals surface area contributed by atoms with E-state index in [0.717, 1.165) is 31.4 Å². The zero-order valence-corrected chi connectivity index (χ0v) is 21.6. The molecule has 0 saturated carbocycles. The van der Waals surface area contributed by atoms with E-state index in [4.69, 9.17) is 23.2 Å². The third kappa shape index (κ3) is 6.08. The highest BCUT2D eigenvalue weighted by atomic mass is 79.9. The highest BCUT2D eigenvalue weighted by Gasteiger charge is 2.25. The van der Waals surface area contributed by atoms with E-state index in [0.29, 0.717) is 10.0 Å². The van der Waals surface area contributed by atoms with Gasteiger partial charge in [0.05, 0.1) is 12.1 Å². The van der Waals surface area contributed by atoms with Crippen molar-refractivity contribution in [2.75, 3.05) is 10.6 Å². The van der Waals surface area contributed by atoms with Gasteiger partial charge in [-0.2, -0.15) is 0 Å². The molecule has 0 radical (unpaired) electrons. The number of rotatable bonds is 7. The van der Waals surface area contributed by atoms with Gasteiger partial charge in [0.15, 0.2) is 0 Å². The lowest BCUT2D eigenvalue weighted by Gasteiger charge is -2.31. The fourth-order valence-corrected chi connectivity index (χ4v) is 4.29. The van der Waals surface area contributed by atoms with Gasteiger partial charge in [0, 0.05) is 30.4 Å². The Morgan fingerprint density at radius 2 is 0.781 bits per heavy atom. The lowest BCUT2D eigenvalue weighted by Crippen LogP contribution is -2.25. The van der Waals surface area contributed by atoms with Crippen LogP contribution in [0.5, 0.6) is 0 Å². The Bertz CT molecular complexity index is 1050. The SMILES string of the molecule is Clc1ccc([C@@H](Nc2ccc(Br)cc2)[C@@H](Nc2ccc(Br)cc2)c2ccc(Cl)cc2)cc1. The summed E-state index contributed by atoms with van der Waals surface area (Å²) in [6.45, 7) is 0. The van der Waals surface area contributed by atoms with Crippen LogP contribution in [-0.2, 0) is 0 Å². The molecule has 0 aliphatic heterocycles. The standard InChI is InChI=1S/C26H20Br2Cl2N2/c27-19-5-13-23(14-6-19)31-25(17-1-9-21(29)10-2-17)26(18-3-11-22(30)12-4-18)32-24-15-7-20(28)8-16-24/h1-16,25-26,31-32H/t25-,26+. The molecule has 4 aromatic rings. The molecule has 0 fully saturated rings. The summed E-state index contributed by atoms with van der Waals surface area (Å²) >= 11 is 19.4. The molecule has 32 heavy (non-hydrogen) atoms. The monoisotopic (exact) mass is 588 g/mol. The van der Waals surface area contributed by atoms with Gasteiger partial charge in [0.1, 0.15) is 0 Å². The molecule has 4 rings (SSSR count). The molecule has 2 N–H and O–H groups in total. The Balaban J connectivity index is 1.78. The van der Waals surface area contributed by atoms with Gasteiger partial charge in [-0.25, -0.2) is 0 Å². The first-order valence-electron chi connectivity index (χ1n) is 10.0. The number of halogens is 4. The number of hydrogen-bond donors (Lipinski definition) is 2. The van der Waals surface area contributed by atoms with Crippen molar-refractivity contribution in [1.29, 1.82) is 0 Å². The van der Waals surface area contributed by atoms with E-state index in [-0.39, 0.29) is 12.1 Å². The van der Waals surface area contributed by atoms with E-state index >= 15 is 0 Å². The van der Waals surface area contributed by atoms with Crippen LogP contribution < -0.4 is 10.6 Å². The van der Waals surface area contributed by atoms with E-state index in [2.05, 4.69) is 91.0 Å². The predicted molar refractivity (Wildman–Crippen MR) is 144 cm³/mol. The van der Waals surface area contributed by atoms with E-state index in [9.17, 15) is 0 Å². The average molecular weight is 591 g/mol. The van der Waals surface area contributed by atoms with Gasteiger partial charge in [0.25, 0.3) is 0 Å². The molecular formula is C26H20Br2Cl2N2. The normalized spacial score (nSPS) is 12.8. The third-order valence-electron chi connectivity index (χ3n) is 5.12. The number of hydrogen-bond acceptors (Lipinski definition) is 2. The topological polar surface area (TPSA) is 24.1 Å². The predicted octanol–water partition coefficient (Wildman–Crippen LogP) is 9.52. The van der Waals surface area contributed by atoms with E-state index < -0.39 is 0 Å². The fourth-order valence-electron chi connectivity index (χ4n) is 3.51. The highest BCUT2D eigenvalue weighted by molar-refractivity contribution is 9.10. The quantitative estimate of drug-likeness (QED) is 0.224. The molecule has 0 aliphatic carbocycles. The van der Waals surface area contributed by atoms with Gasteiger partial charge in [-0.15, -0.1) is 0 Å². The first kappa shape index (κ1) is 23.2. The van der Waals surface area contributed by atoms with Gasteiger partial charge in [-0.05, 0) is 83.9 Å². The Kier molecular flexibility index (Phi) is 7.80. The highest BCUT2D eigenvalue weighted by Crippen LogP contribution is 2.36. The molecule has 0 bridgehead atoms. The maximum Gasteiger partial charge on any atom is 0.0757 e. The molecule has 2 atom stereocenters. The van der Waals surface area contributed by atoms with Crippen LogP contribution in [0.25, 0.3) is 0 Å². The molecule has 0 unspecified atom stereocenters. The summed E-state index contributed by atoms with van der Waals surface area (Å²) in [5.74, 6) is 0. The minimum Gasteiger partial charge on any atom is -0.376 e. The molecule has 4 aromatic carbocycles. The fraction of sp³-hybridized carbons (Fsp3) is 0.0769. The summed E-state index contributed by atoms with van der Waals surface area (Å²) in [5.41, 5.74) is 4.26. The van der Waals surface area contributed by atoms with Crippen molar-refractivity contribution in [3.05, 3.63) is 127 Å². The second-order valence-electron chi connectivity index (χ2n) is 7.36. The van der Waals surface area contributed by atoms with Gasteiger partial charge < -0.3 is 10.6 Å². The number of nitrogens with one attached hydrogen (secondary N) is 2. The second kappa shape index (κ2) is 10.8. The number of benzene rings is 4. The second-order valence-corrected chi connectivity index (χ2v) is 10.1. The summed E-state index contributed by atoms with van der Waals surface area (Å²) in [5, 5.41) is 8.85. The lowest BCUT2D eigenvalue weighted by molar-refractivity contribution is 0.650.